The molecule has 3 heteroatoms. The van der Waals surface area contributed by atoms with E-state index in [4.69, 9.17) is 0 Å². The maximum Gasteiger partial charge on any atom is 0.155 e. The van der Waals surface area contributed by atoms with Gasteiger partial charge in [-0.1, -0.05) is 40.5 Å². The topological polar surface area (TPSA) is 34.1 Å². The molecule has 0 aromatic rings. The van der Waals surface area contributed by atoms with E-state index in [9.17, 15) is 8.42 Å². The summed E-state index contributed by atoms with van der Waals surface area (Å²) in [5.74, 6) is 0.503. The molecule has 0 aliphatic heterocycles. The summed E-state index contributed by atoms with van der Waals surface area (Å²) in [5, 5.41) is -0.432. The van der Waals surface area contributed by atoms with E-state index < -0.39 is 9.84 Å². The monoisotopic (exact) mass is 234 g/mol. The Balaban J connectivity index is 4.82. The Morgan fingerprint density at radius 1 is 0.800 bits per heavy atom. The lowest BCUT2D eigenvalue weighted by Crippen LogP contribution is -2.35. The fraction of sp³-hybridized carbons (Fsp3) is 1.00. The number of hydrogen-bond acceptors (Lipinski definition) is 2. The Hall–Kier alpha value is -0.0500. The van der Waals surface area contributed by atoms with Crippen molar-refractivity contribution in [3.05, 3.63) is 0 Å². The summed E-state index contributed by atoms with van der Waals surface area (Å²) in [6, 6.07) is 0. The molecule has 0 unspecified atom stereocenters. The SMILES string of the molecule is CC[C@@H](C)[C@@H](C)S(=O)(=O)[C@@H](C)[C@@H](C)CC. The van der Waals surface area contributed by atoms with Crippen molar-refractivity contribution in [3.63, 3.8) is 0 Å². The smallest absolute Gasteiger partial charge is 0.155 e. The van der Waals surface area contributed by atoms with Gasteiger partial charge < -0.3 is 0 Å². The first-order valence-corrected chi connectivity index (χ1v) is 7.62. The molecule has 0 heterocycles. The van der Waals surface area contributed by atoms with E-state index in [0.29, 0.717) is 0 Å². The van der Waals surface area contributed by atoms with Crippen molar-refractivity contribution in [2.75, 3.05) is 0 Å². The molecule has 15 heavy (non-hydrogen) atoms. The third kappa shape index (κ3) is 3.47. The number of hydrogen-bond donors (Lipinski definition) is 0. The van der Waals surface area contributed by atoms with Gasteiger partial charge >= 0.3 is 0 Å². The second kappa shape index (κ2) is 5.88. The molecule has 92 valence electrons. The maximum absolute atomic E-state index is 12.2. The van der Waals surface area contributed by atoms with E-state index in [-0.39, 0.29) is 22.3 Å². The molecule has 0 N–H and O–H groups in total. The van der Waals surface area contributed by atoms with Gasteiger partial charge in [-0.2, -0.15) is 0 Å². The van der Waals surface area contributed by atoms with E-state index in [1.165, 1.54) is 0 Å². The zero-order valence-corrected chi connectivity index (χ0v) is 11.8. The van der Waals surface area contributed by atoms with E-state index in [1.54, 1.807) is 0 Å². The summed E-state index contributed by atoms with van der Waals surface area (Å²) in [5.41, 5.74) is 0. The second-order valence-electron chi connectivity index (χ2n) is 4.77. The fourth-order valence-corrected chi connectivity index (χ4v) is 4.01. The van der Waals surface area contributed by atoms with Gasteiger partial charge in [0.1, 0.15) is 0 Å². The summed E-state index contributed by atoms with van der Waals surface area (Å²) in [4.78, 5) is 0. The Morgan fingerprint density at radius 2 is 1.07 bits per heavy atom. The van der Waals surface area contributed by atoms with Crippen LogP contribution in [0.4, 0.5) is 0 Å². The van der Waals surface area contributed by atoms with Crippen LogP contribution >= 0.6 is 0 Å². The Morgan fingerprint density at radius 3 is 1.27 bits per heavy atom. The molecule has 0 saturated heterocycles. The van der Waals surface area contributed by atoms with Gasteiger partial charge in [-0.05, 0) is 25.7 Å². The molecule has 0 aromatic heterocycles. The number of sulfone groups is 1. The van der Waals surface area contributed by atoms with Crippen molar-refractivity contribution >= 4 is 9.84 Å². The van der Waals surface area contributed by atoms with Crippen LogP contribution in [0.25, 0.3) is 0 Å². The molecule has 0 saturated carbocycles. The Labute approximate surface area is 95.4 Å². The van der Waals surface area contributed by atoms with E-state index >= 15 is 0 Å². The van der Waals surface area contributed by atoms with Gasteiger partial charge in [0.05, 0.1) is 10.5 Å². The summed E-state index contributed by atoms with van der Waals surface area (Å²) in [6.45, 7) is 11.8. The molecule has 0 aliphatic carbocycles. The first-order valence-electron chi connectivity index (χ1n) is 6.01. The van der Waals surface area contributed by atoms with Crippen LogP contribution in [0.5, 0.6) is 0 Å². The van der Waals surface area contributed by atoms with E-state index in [0.717, 1.165) is 12.8 Å². The highest BCUT2D eigenvalue weighted by Crippen LogP contribution is 2.24. The highest BCUT2D eigenvalue weighted by molar-refractivity contribution is 7.92. The van der Waals surface area contributed by atoms with Crippen molar-refractivity contribution in [1.82, 2.24) is 0 Å². The normalized spacial score (nSPS) is 20.7. The third-order valence-corrected chi connectivity index (χ3v) is 6.93. The van der Waals surface area contributed by atoms with Crippen molar-refractivity contribution in [2.45, 2.75) is 64.9 Å². The molecule has 0 amide bonds. The van der Waals surface area contributed by atoms with Crippen LogP contribution in [-0.4, -0.2) is 18.9 Å². The highest BCUT2D eigenvalue weighted by Gasteiger charge is 2.33. The van der Waals surface area contributed by atoms with Crippen molar-refractivity contribution in [2.24, 2.45) is 11.8 Å². The van der Waals surface area contributed by atoms with E-state index in [1.807, 2.05) is 41.5 Å². The first kappa shape index (κ1) is 14.9. The lowest BCUT2D eigenvalue weighted by Gasteiger charge is -2.26. The average Bonchev–Trinajstić information content (AvgIpc) is 2.24. The van der Waals surface area contributed by atoms with Gasteiger partial charge in [-0.15, -0.1) is 0 Å². The molecule has 2 nitrogen and oxygen atoms in total. The molecule has 0 aromatic carbocycles. The first-order chi connectivity index (χ1) is 6.78. The van der Waals surface area contributed by atoms with E-state index in [2.05, 4.69) is 0 Å². The predicted molar refractivity (Wildman–Crippen MR) is 66.8 cm³/mol. The largest absolute Gasteiger partial charge is 0.228 e. The van der Waals surface area contributed by atoms with Crippen LogP contribution < -0.4 is 0 Å². The molecular formula is C12H26O2S. The lowest BCUT2D eigenvalue weighted by atomic mass is 10.1. The summed E-state index contributed by atoms with van der Waals surface area (Å²) in [6.07, 6.45) is 1.85. The molecular weight excluding hydrogens is 208 g/mol. The second-order valence-corrected chi connectivity index (χ2v) is 7.44. The summed E-state index contributed by atoms with van der Waals surface area (Å²) < 4.78 is 24.5. The molecule has 0 aliphatic rings. The highest BCUT2D eigenvalue weighted by atomic mass is 32.2. The van der Waals surface area contributed by atoms with Gasteiger partial charge in [0.15, 0.2) is 9.84 Å². The molecule has 0 bridgehead atoms. The van der Waals surface area contributed by atoms with Crippen molar-refractivity contribution < 1.29 is 8.42 Å². The minimum Gasteiger partial charge on any atom is -0.228 e. The van der Waals surface area contributed by atoms with Gasteiger partial charge in [-0.3, -0.25) is 0 Å². The molecule has 0 spiro atoms. The zero-order chi connectivity index (χ0) is 12.2. The standard InChI is InChI=1S/C12H26O2S/c1-7-9(3)11(5)15(13,14)12(6)10(4)8-2/h9-12H,7-8H2,1-6H3/t9-,10+,11-,12+. The Bertz CT molecular complexity index is 247. The van der Waals surface area contributed by atoms with Gasteiger partial charge in [0.2, 0.25) is 0 Å². The van der Waals surface area contributed by atoms with Crippen LogP contribution in [0.1, 0.15) is 54.4 Å². The fourth-order valence-electron chi connectivity index (χ4n) is 1.65. The molecule has 0 fully saturated rings. The predicted octanol–water partition coefficient (Wildman–Crippen LogP) is 3.27. The lowest BCUT2D eigenvalue weighted by molar-refractivity contribution is 0.472. The zero-order valence-electron chi connectivity index (χ0n) is 10.9. The van der Waals surface area contributed by atoms with Gasteiger partial charge in [0.25, 0.3) is 0 Å². The summed E-state index contributed by atoms with van der Waals surface area (Å²) >= 11 is 0. The van der Waals surface area contributed by atoms with Crippen molar-refractivity contribution in [1.29, 1.82) is 0 Å². The summed E-state index contributed by atoms with van der Waals surface area (Å²) in [7, 11) is -2.96. The maximum atomic E-state index is 12.2. The van der Waals surface area contributed by atoms with Crippen LogP contribution in [0, 0.1) is 11.8 Å². The quantitative estimate of drug-likeness (QED) is 0.707. The molecule has 0 rings (SSSR count). The van der Waals surface area contributed by atoms with Crippen LogP contribution in [-0.2, 0) is 9.84 Å². The van der Waals surface area contributed by atoms with Crippen LogP contribution in [0.15, 0.2) is 0 Å². The van der Waals surface area contributed by atoms with Crippen LogP contribution in [0.3, 0.4) is 0 Å². The average molecular weight is 234 g/mol. The number of rotatable bonds is 6. The molecule has 4 atom stereocenters. The third-order valence-electron chi connectivity index (χ3n) is 3.93. The minimum absolute atomic E-state index is 0.216. The van der Waals surface area contributed by atoms with Gasteiger partial charge in [0, 0.05) is 0 Å². The molecule has 0 radical (unpaired) electrons. The minimum atomic E-state index is -2.96. The van der Waals surface area contributed by atoms with Crippen molar-refractivity contribution in [3.8, 4) is 0 Å². The van der Waals surface area contributed by atoms with Gasteiger partial charge in [-0.25, -0.2) is 8.42 Å². The van der Waals surface area contributed by atoms with Crippen LogP contribution in [0.2, 0.25) is 0 Å². The Kier molecular flexibility index (Phi) is 5.86.